The number of carboxylic acids is 1. The number of hydrogen-bond donors (Lipinski definition) is 2. The maximum Gasteiger partial charge on any atom is 0.309 e. The molecule has 0 aromatic carbocycles. The summed E-state index contributed by atoms with van der Waals surface area (Å²) in [5.74, 6) is -0.454. The third-order valence-electron chi connectivity index (χ3n) is 13.6. The van der Waals surface area contributed by atoms with Gasteiger partial charge in [0.15, 0.2) is 5.78 Å². The van der Waals surface area contributed by atoms with E-state index in [0.717, 1.165) is 38.5 Å². The number of aliphatic imine (C=N–C) groups is 1. The van der Waals surface area contributed by atoms with Gasteiger partial charge in [0, 0.05) is 17.5 Å². The highest BCUT2D eigenvalue weighted by atomic mass is 16.4. The molecule has 2 N–H and O–H groups in total. The average Bonchev–Trinajstić information content (AvgIpc) is 2.78. The lowest BCUT2D eigenvalue weighted by atomic mass is 9.31. The molecular formula is C30H43NO4. The van der Waals surface area contributed by atoms with Crippen molar-refractivity contribution in [1.29, 1.82) is 0 Å². The molecule has 5 heteroatoms. The predicted octanol–water partition coefficient (Wildman–Crippen LogP) is 5.60. The molecule has 192 valence electrons. The maximum atomic E-state index is 14.3. The molecule has 0 aromatic rings. The van der Waals surface area contributed by atoms with E-state index in [9.17, 15) is 19.8 Å². The van der Waals surface area contributed by atoms with Gasteiger partial charge in [-0.1, -0.05) is 33.3 Å². The Hall–Kier alpha value is -1.49. The SMILES string of the molecule is C[C@]1(C(=O)O)CC[C@]2(C)CC[C@]3(C)C(=CC(=O)[C@@H]4[C@@]5(C)CC[C@H](O)[C@@]6(C)C=N[C@]65CC[C@]43C)[C@@H]2C1. The molecule has 5 nitrogen and oxygen atoms in total. The quantitative estimate of drug-likeness (QED) is 0.510. The number of carbonyl (C=O) groups is 2. The molecule has 5 aliphatic carbocycles. The number of allylic oxidation sites excluding steroid dienone is 2. The van der Waals surface area contributed by atoms with Crippen LogP contribution in [-0.2, 0) is 9.59 Å². The lowest BCUT2D eigenvalue weighted by Crippen LogP contribution is -2.77. The summed E-state index contributed by atoms with van der Waals surface area (Å²) >= 11 is 0. The Morgan fingerprint density at radius 3 is 2.26 bits per heavy atom. The first kappa shape index (κ1) is 23.9. The van der Waals surface area contributed by atoms with Crippen LogP contribution in [0.25, 0.3) is 0 Å². The third kappa shape index (κ3) is 2.39. The van der Waals surface area contributed by atoms with Gasteiger partial charge < -0.3 is 10.2 Å². The molecule has 1 heterocycles. The number of aliphatic hydroxyl groups is 1. The summed E-state index contributed by atoms with van der Waals surface area (Å²) < 4.78 is 0. The zero-order valence-electron chi connectivity index (χ0n) is 22.4. The fourth-order valence-electron chi connectivity index (χ4n) is 10.7. The molecule has 1 aliphatic heterocycles. The molecular weight excluding hydrogens is 438 g/mol. The number of rotatable bonds is 1. The van der Waals surface area contributed by atoms with Crippen molar-refractivity contribution in [2.75, 3.05) is 0 Å². The van der Waals surface area contributed by atoms with Crippen molar-refractivity contribution in [3.63, 3.8) is 0 Å². The Balaban J connectivity index is 1.49. The first-order valence-corrected chi connectivity index (χ1v) is 13.9. The summed E-state index contributed by atoms with van der Waals surface area (Å²) in [5.41, 5.74) is -0.743. The zero-order valence-corrected chi connectivity index (χ0v) is 22.4. The van der Waals surface area contributed by atoms with Crippen LogP contribution in [0.2, 0.25) is 0 Å². The monoisotopic (exact) mass is 481 g/mol. The highest BCUT2D eigenvalue weighted by molar-refractivity contribution is 5.96. The number of aliphatic carboxylic acids is 1. The highest BCUT2D eigenvalue weighted by Gasteiger charge is 2.77. The molecule has 0 bridgehead atoms. The number of hydrogen-bond acceptors (Lipinski definition) is 4. The van der Waals surface area contributed by atoms with Crippen LogP contribution in [0.1, 0.15) is 99.3 Å². The van der Waals surface area contributed by atoms with Crippen molar-refractivity contribution < 1.29 is 19.8 Å². The third-order valence-corrected chi connectivity index (χ3v) is 13.6. The molecule has 35 heavy (non-hydrogen) atoms. The normalized spacial score (nSPS) is 58.5. The summed E-state index contributed by atoms with van der Waals surface area (Å²) in [7, 11) is 0. The van der Waals surface area contributed by atoms with Crippen LogP contribution >= 0.6 is 0 Å². The van der Waals surface area contributed by atoms with E-state index >= 15 is 0 Å². The first-order valence-electron chi connectivity index (χ1n) is 13.9. The van der Waals surface area contributed by atoms with E-state index in [1.54, 1.807) is 0 Å². The van der Waals surface area contributed by atoms with Crippen molar-refractivity contribution in [3.05, 3.63) is 11.6 Å². The molecule has 6 rings (SSSR count). The Morgan fingerprint density at radius 2 is 1.63 bits per heavy atom. The van der Waals surface area contributed by atoms with Gasteiger partial charge in [0.25, 0.3) is 0 Å². The molecule has 0 saturated heterocycles. The number of nitrogens with zero attached hydrogens (tertiary/aromatic N) is 1. The molecule has 4 saturated carbocycles. The largest absolute Gasteiger partial charge is 0.481 e. The smallest absolute Gasteiger partial charge is 0.309 e. The Kier molecular flexibility index (Phi) is 4.43. The number of ketones is 1. The Labute approximate surface area is 209 Å². The number of aliphatic hydroxyl groups excluding tert-OH is 1. The molecule has 10 atom stereocenters. The summed E-state index contributed by atoms with van der Waals surface area (Å²) in [6.07, 6.45) is 11.3. The van der Waals surface area contributed by atoms with Crippen LogP contribution in [-0.4, -0.2) is 39.8 Å². The average molecular weight is 482 g/mol. The minimum Gasteiger partial charge on any atom is -0.481 e. The van der Waals surface area contributed by atoms with Gasteiger partial charge >= 0.3 is 5.97 Å². The summed E-state index contributed by atoms with van der Waals surface area (Å²) in [5, 5.41) is 21.1. The summed E-state index contributed by atoms with van der Waals surface area (Å²) in [6, 6.07) is 0. The van der Waals surface area contributed by atoms with Gasteiger partial charge in [-0.3, -0.25) is 14.6 Å². The van der Waals surface area contributed by atoms with E-state index in [1.807, 2.05) is 19.2 Å². The second kappa shape index (κ2) is 6.49. The lowest BCUT2D eigenvalue weighted by molar-refractivity contribution is -0.208. The van der Waals surface area contributed by atoms with Crippen LogP contribution < -0.4 is 0 Å². The van der Waals surface area contributed by atoms with Crippen molar-refractivity contribution in [2.24, 2.45) is 49.3 Å². The van der Waals surface area contributed by atoms with Gasteiger partial charge in [0.05, 0.1) is 22.5 Å². The van der Waals surface area contributed by atoms with Crippen LogP contribution in [0.4, 0.5) is 0 Å². The van der Waals surface area contributed by atoms with E-state index in [-0.39, 0.29) is 50.2 Å². The second-order valence-electron chi connectivity index (χ2n) is 14.8. The maximum absolute atomic E-state index is 14.3. The number of fused-ring (bicyclic) bond motifs is 6. The molecule has 0 amide bonds. The highest BCUT2D eigenvalue weighted by Crippen LogP contribution is 2.77. The lowest BCUT2D eigenvalue weighted by Gasteiger charge is -2.74. The van der Waals surface area contributed by atoms with E-state index in [2.05, 4.69) is 34.6 Å². The van der Waals surface area contributed by atoms with Crippen LogP contribution in [0.3, 0.4) is 0 Å². The molecule has 6 aliphatic rings. The fraction of sp³-hybridized carbons (Fsp3) is 0.833. The zero-order chi connectivity index (χ0) is 25.4. The van der Waals surface area contributed by atoms with Gasteiger partial charge in [-0.25, -0.2) is 0 Å². The summed E-state index contributed by atoms with van der Waals surface area (Å²) in [6.45, 7) is 13.5. The van der Waals surface area contributed by atoms with Crippen molar-refractivity contribution in [2.45, 2.75) is 111 Å². The van der Waals surface area contributed by atoms with Gasteiger partial charge in [0.1, 0.15) is 0 Å². The van der Waals surface area contributed by atoms with Crippen molar-refractivity contribution >= 4 is 18.0 Å². The van der Waals surface area contributed by atoms with E-state index in [1.165, 1.54) is 5.57 Å². The minimum atomic E-state index is -0.728. The van der Waals surface area contributed by atoms with E-state index < -0.39 is 17.5 Å². The Bertz CT molecular complexity index is 1100. The van der Waals surface area contributed by atoms with E-state index in [4.69, 9.17) is 4.99 Å². The predicted molar refractivity (Wildman–Crippen MR) is 135 cm³/mol. The standard InChI is InChI=1S/C30H43NO4/c1-24-9-10-25(2,23(34)35)16-19(24)18-15-20(32)22-27(4,26(18,3)12-11-24)13-14-30-28(22,5)8-7-21(33)29(30,6)17-31-30/h15,17,19,21-22,33H,7-14,16H2,1-6H3,(H,34,35)/t19-,21-,22-,24+,25-,26+,27+,28+,29+,30-/m0/s1. The number of carbonyl (C=O) groups excluding carboxylic acids is 1. The van der Waals surface area contributed by atoms with Gasteiger partial charge in [0.2, 0.25) is 0 Å². The summed E-state index contributed by atoms with van der Waals surface area (Å²) in [4.78, 5) is 31.6. The molecule has 0 unspecified atom stereocenters. The van der Waals surface area contributed by atoms with Gasteiger partial charge in [-0.15, -0.1) is 0 Å². The topological polar surface area (TPSA) is 87.0 Å². The van der Waals surface area contributed by atoms with E-state index in [0.29, 0.717) is 19.3 Å². The van der Waals surface area contributed by atoms with Gasteiger partial charge in [-0.2, -0.15) is 0 Å². The van der Waals surface area contributed by atoms with Crippen LogP contribution in [0, 0.1) is 44.3 Å². The first-order chi connectivity index (χ1) is 16.1. The van der Waals surface area contributed by atoms with Crippen LogP contribution in [0.15, 0.2) is 16.6 Å². The Morgan fingerprint density at radius 1 is 0.943 bits per heavy atom. The van der Waals surface area contributed by atoms with Crippen LogP contribution in [0.5, 0.6) is 0 Å². The number of carboxylic acid groups (broad SMARTS) is 1. The molecule has 4 fully saturated rings. The molecule has 0 aromatic heterocycles. The molecule has 1 spiro atoms. The fourth-order valence-corrected chi connectivity index (χ4v) is 10.7. The minimum absolute atomic E-state index is 0.0648. The van der Waals surface area contributed by atoms with Crippen molar-refractivity contribution in [1.82, 2.24) is 0 Å². The van der Waals surface area contributed by atoms with Gasteiger partial charge in [-0.05, 0) is 99.9 Å². The van der Waals surface area contributed by atoms with Crippen molar-refractivity contribution in [3.8, 4) is 0 Å². The second-order valence-corrected chi connectivity index (χ2v) is 14.8. The molecule has 0 radical (unpaired) electrons.